The lowest BCUT2D eigenvalue weighted by Crippen LogP contribution is -2.14. The van der Waals surface area contributed by atoms with Gasteiger partial charge in [-0.15, -0.1) is 0 Å². The maximum atomic E-state index is 7.50. The van der Waals surface area contributed by atoms with Crippen LogP contribution in [0, 0.1) is 19.7 Å². The van der Waals surface area contributed by atoms with Gasteiger partial charge in [0.05, 0.1) is 19.7 Å². The first-order valence-electron chi connectivity index (χ1n) is 47.9. The summed E-state index contributed by atoms with van der Waals surface area (Å²) in [6, 6.07) is 151. The highest BCUT2D eigenvalue weighted by molar-refractivity contribution is 5.93. The van der Waals surface area contributed by atoms with Crippen LogP contribution in [0.5, 0.6) is 0 Å². The second-order valence-electron chi connectivity index (χ2n) is 38.1. The topological polar surface area (TPSA) is 129 Å². The molecule has 0 N–H and O–H groups in total. The summed E-state index contributed by atoms with van der Waals surface area (Å²) < 4.78 is 0. The third-order valence-electron chi connectivity index (χ3n) is 28.3. The fourth-order valence-electron chi connectivity index (χ4n) is 20.4. The SMILES string of the molecule is [C-]#[N+]c1ccc2c(c1)C(C)(C)c1ccc(-c3ccc(-c4nc(-c5ccc6ccccc6c5)nc(-c5ccc6ccccc6c5)n4)cc3)cc1-2.[C-]#[N+]c1ccc2c(c1)C(C)(C)c1ccc(-c3ccc(-c4nc(-c5ccccc5)nc(-c5ccc(-c6ccccc6)cc5)n4)cc3)cc1-2.[C-]#[N+]c1ccc2c(c1)C(C)(C)c1ccc(-c3ccc(-c4nc(-c5ccccc5)nc(-c5cccc(-c6ccccc6)c5)n4)cc3)cc1-2. The molecule has 0 spiro atoms. The Morgan fingerprint density at radius 3 is 0.650 bits per heavy atom. The van der Waals surface area contributed by atoms with Gasteiger partial charge in [-0.05, 0) is 180 Å². The van der Waals surface area contributed by atoms with E-state index in [-0.39, 0.29) is 16.2 Å². The Morgan fingerprint density at radius 1 is 0.147 bits per heavy atom. The molecule has 3 aliphatic carbocycles. The van der Waals surface area contributed by atoms with E-state index in [1.54, 1.807) is 0 Å². The molecule has 0 radical (unpaired) electrons. The summed E-state index contributed by atoms with van der Waals surface area (Å²) in [6.07, 6.45) is 0. The fraction of sp³-hybridized carbons (Fsp3) is 0.0687. The second kappa shape index (κ2) is 36.6. The highest BCUT2D eigenvalue weighted by atomic mass is 15.1. The molecule has 0 unspecified atom stereocenters. The van der Waals surface area contributed by atoms with Crippen LogP contribution in [-0.4, -0.2) is 44.9 Å². The van der Waals surface area contributed by atoms with E-state index in [4.69, 9.17) is 64.6 Å². The smallest absolute Gasteiger partial charge is 0.187 e. The Balaban J connectivity index is 0.000000119. The number of hydrogen-bond acceptors (Lipinski definition) is 9. The molecule has 0 atom stereocenters. The van der Waals surface area contributed by atoms with E-state index < -0.39 is 0 Å². The van der Waals surface area contributed by atoms with Gasteiger partial charge in [-0.2, -0.15) is 0 Å². The van der Waals surface area contributed by atoms with Crippen LogP contribution >= 0.6 is 0 Å². The van der Waals surface area contributed by atoms with Crippen molar-refractivity contribution in [3.63, 3.8) is 0 Å². The highest BCUT2D eigenvalue weighted by Gasteiger charge is 2.39. The molecule has 3 aliphatic rings. The lowest BCUT2D eigenvalue weighted by atomic mass is 9.82. The van der Waals surface area contributed by atoms with E-state index in [2.05, 4.69) is 384 Å². The van der Waals surface area contributed by atoms with E-state index in [1.165, 1.54) is 83.1 Å². The molecule has 19 aromatic carbocycles. The van der Waals surface area contributed by atoms with Gasteiger partial charge >= 0.3 is 0 Å². The molecule has 3 heterocycles. The molecule has 22 aromatic rings. The molecule has 3 aromatic heterocycles. The Kier molecular flexibility index (Phi) is 22.6. The maximum absolute atomic E-state index is 7.50. The average Bonchev–Trinajstić information content (AvgIpc) is 1.58. The molecule has 674 valence electrons. The molecular weight excluding hydrogens is 1740 g/mol. The number of fused-ring (bicyclic) bond motifs is 11. The molecule has 0 amide bonds. The van der Waals surface area contributed by atoms with E-state index >= 15 is 0 Å². The van der Waals surface area contributed by atoms with Crippen molar-refractivity contribution >= 4 is 38.6 Å². The van der Waals surface area contributed by atoms with Gasteiger partial charge in [-0.1, -0.05) is 442 Å². The summed E-state index contributed by atoms with van der Waals surface area (Å²) in [5, 5.41) is 4.65. The first kappa shape index (κ1) is 88.2. The zero-order chi connectivity index (χ0) is 97.0. The maximum Gasteiger partial charge on any atom is 0.187 e. The number of aromatic nitrogens is 9. The minimum atomic E-state index is -0.155. The quantitative estimate of drug-likeness (QED) is 0.0977. The minimum absolute atomic E-state index is 0.150. The molecule has 0 saturated carbocycles. The third kappa shape index (κ3) is 16.9. The van der Waals surface area contributed by atoms with E-state index in [0.717, 1.165) is 111 Å². The fourth-order valence-corrected chi connectivity index (χ4v) is 20.4. The lowest BCUT2D eigenvalue weighted by Gasteiger charge is -2.21. The van der Waals surface area contributed by atoms with Crippen molar-refractivity contribution in [3.8, 4) is 192 Å². The molecule has 0 fully saturated rings. The highest BCUT2D eigenvalue weighted by Crippen LogP contribution is 2.55. The van der Waals surface area contributed by atoms with Crippen LogP contribution < -0.4 is 0 Å². The van der Waals surface area contributed by atoms with Gasteiger partial charge < -0.3 is 0 Å². The standard InChI is InChI=1S/C45H30N4.2C43H30N4/c1-45(2)40-23-20-34(26-39(40)38-22-21-37(46-3)27-41(38)45)30-12-16-31(17-13-30)42-47-43(35-18-14-28-8-4-6-10-32(28)24-35)49-44(48-42)36-19-15-29-9-5-7-11-33(29)25-36;1-43(2)38-24-21-33(26-37(38)36-23-22-35(44-3)27-39(36)43)29-17-19-31(20-18-29)41-45-40(30-13-8-5-9-14-30)46-42(47-41)34-16-10-15-32(25-34)28-11-6-4-7-12-28;1-43(2)38-25-22-34(26-37(38)36-24-23-35(44-3)27-39(36)43)30-16-20-33(21-17-30)42-46-40(31-12-8-5-9-13-31)45-41(47-42)32-18-14-29(15-19-32)28-10-6-4-7-11-28/h4-27H,1-2H3;2*4-27H,1-2H3. The summed E-state index contributed by atoms with van der Waals surface area (Å²) in [6.45, 7) is 35.9. The van der Waals surface area contributed by atoms with Gasteiger partial charge in [-0.25, -0.2) is 59.4 Å². The van der Waals surface area contributed by atoms with Crippen molar-refractivity contribution in [3.05, 3.63) is 504 Å². The van der Waals surface area contributed by atoms with Gasteiger partial charge in [0.1, 0.15) is 0 Å². The van der Waals surface area contributed by atoms with Gasteiger partial charge in [0.15, 0.2) is 69.5 Å². The average molecular weight is 1830 g/mol. The van der Waals surface area contributed by atoms with Crippen molar-refractivity contribution in [2.24, 2.45) is 0 Å². The zero-order valence-corrected chi connectivity index (χ0v) is 79.4. The molecule has 0 saturated heterocycles. The van der Waals surface area contributed by atoms with Crippen LogP contribution in [0.2, 0.25) is 0 Å². The van der Waals surface area contributed by atoms with Crippen LogP contribution in [0.1, 0.15) is 74.9 Å². The zero-order valence-electron chi connectivity index (χ0n) is 79.4. The van der Waals surface area contributed by atoms with Crippen molar-refractivity contribution in [1.82, 2.24) is 44.9 Å². The third-order valence-corrected chi connectivity index (χ3v) is 28.3. The van der Waals surface area contributed by atoms with Crippen molar-refractivity contribution in [2.45, 2.75) is 57.8 Å². The van der Waals surface area contributed by atoms with E-state index in [0.29, 0.717) is 69.5 Å². The number of nitrogens with zero attached hydrogens (tertiary/aromatic N) is 12. The Morgan fingerprint density at radius 2 is 0.350 bits per heavy atom. The minimum Gasteiger partial charge on any atom is -0.238 e. The Bertz CT molecular complexity index is 8810. The van der Waals surface area contributed by atoms with Crippen LogP contribution in [0.25, 0.3) is 228 Å². The van der Waals surface area contributed by atoms with Crippen LogP contribution in [0.3, 0.4) is 0 Å². The summed E-state index contributed by atoms with van der Waals surface area (Å²) in [7, 11) is 0. The first-order valence-corrected chi connectivity index (χ1v) is 47.9. The Labute approximate surface area is 831 Å². The van der Waals surface area contributed by atoms with Gasteiger partial charge in [-0.3, -0.25) is 0 Å². The molecule has 12 nitrogen and oxygen atoms in total. The van der Waals surface area contributed by atoms with E-state index in [9.17, 15) is 0 Å². The monoisotopic (exact) mass is 1830 g/mol. The summed E-state index contributed by atoms with van der Waals surface area (Å²) in [4.78, 5) is 55.8. The molecule has 0 bridgehead atoms. The van der Waals surface area contributed by atoms with Crippen LogP contribution in [0.15, 0.2) is 437 Å². The summed E-state index contributed by atoms with van der Waals surface area (Å²) in [5.74, 6) is 5.74. The largest absolute Gasteiger partial charge is 0.238 e. The van der Waals surface area contributed by atoms with Crippen LogP contribution in [0.4, 0.5) is 17.1 Å². The van der Waals surface area contributed by atoms with Crippen molar-refractivity contribution < 1.29 is 0 Å². The second-order valence-corrected chi connectivity index (χ2v) is 38.1. The first-order chi connectivity index (χ1) is 69.9. The van der Waals surface area contributed by atoms with Gasteiger partial charge in [0, 0.05) is 66.3 Å². The number of rotatable bonds is 14. The van der Waals surface area contributed by atoms with Crippen molar-refractivity contribution in [1.29, 1.82) is 0 Å². The Hall–Kier alpha value is -18.8. The number of hydrogen-bond donors (Lipinski definition) is 0. The van der Waals surface area contributed by atoms with Gasteiger partial charge in [0.25, 0.3) is 0 Å². The molecule has 12 heteroatoms. The lowest BCUT2D eigenvalue weighted by molar-refractivity contribution is 0.660. The predicted octanol–water partition coefficient (Wildman–Crippen LogP) is 33.8. The summed E-state index contributed by atoms with van der Waals surface area (Å²) in [5.41, 5.74) is 36.2. The van der Waals surface area contributed by atoms with E-state index in [1.807, 2.05) is 109 Å². The molecular formula is C131H90N12. The summed E-state index contributed by atoms with van der Waals surface area (Å²) >= 11 is 0. The normalized spacial score (nSPS) is 12.7. The molecule has 25 rings (SSSR count). The molecule has 143 heavy (non-hydrogen) atoms. The molecule has 0 aliphatic heterocycles. The predicted molar refractivity (Wildman–Crippen MR) is 582 cm³/mol. The van der Waals surface area contributed by atoms with Gasteiger partial charge in [0.2, 0.25) is 0 Å². The van der Waals surface area contributed by atoms with Crippen molar-refractivity contribution in [2.75, 3.05) is 0 Å². The van der Waals surface area contributed by atoms with Crippen LogP contribution in [-0.2, 0) is 16.2 Å². The number of benzene rings is 19.